The first kappa shape index (κ1) is 16.3. The summed E-state index contributed by atoms with van der Waals surface area (Å²) in [5, 5.41) is 4.15. The Hall–Kier alpha value is -1.52. The second-order valence-corrected chi connectivity index (χ2v) is 6.94. The van der Waals surface area contributed by atoms with Gasteiger partial charge >= 0.3 is 5.63 Å². The Balaban J connectivity index is 1.94. The maximum Gasteiger partial charge on any atom is 0.349 e. The van der Waals surface area contributed by atoms with Crippen LogP contribution in [0.1, 0.15) is 43.0 Å². The molecule has 1 aliphatic rings. The molecule has 1 heterocycles. The Morgan fingerprint density at radius 2 is 1.96 bits per heavy atom. The Kier molecular flexibility index (Phi) is 4.64. The van der Waals surface area contributed by atoms with Crippen LogP contribution in [0.4, 0.5) is 0 Å². The predicted octanol–water partition coefficient (Wildman–Crippen LogP) is 4.41. The smallest absolute Gasteiger partial charge is 0.349 e. The van der Waals surface area contributed by atoms with Gasteiger partial charge < -0.3 is 9.73 Å². The van der Waals surface area contributed by atoms with Crippen molar-refractivity contribution in [2.24, 2.45) is 5.92 Å². The molecule has 1 aromatic heterocycles. The van der Waals surface area contributed by atoms with Crippen LogP contribution in [0.15, 0.2) is 27.4 Å². The number of carbonyl (C=O) groups excluding carboxylic acids is 1. The summed E-state index contributed by atoms with van der Waals surface area (Å²) < 4.78 is 5.21. The lowest BCUT2D eigenvalue weighted by Gasteiger charge is -2.29. The maximum absolute atomic E-state index is 12.5. The van der Waals surface area contributed by atoms with Gasteiger partial charge in [-0.25, -0.2) is 4.79 Å². The van der Waals surface area contributed by atoms with Gasteiger partial charge in [0.05, 0.1) is 5.02 Å². The summed E-state index contributed by atoms with van der Waals surface area (Å²) in [4.78, 5) is 24.6. The second-order valence-electron chi connectivity index (χ2n) is 6.10. The number of fused-ring (bicyclic) bond motifs is 1. The summed E-state index contributed by atoms with van der Waals surface area (Å²) >= 11 is 12.0. The summed E-state index contributed by atoms with van der Waals surface area (Å²) in [6, 6.07) is 4.69. The minimum absolute atomic E-state index is 0.0198. The highest BCUT2D eigenvalue weighted by Gasteiger charge is 2.25. The van der Waals surface area contributed by atoms with Crippen molar-refractivity contribution < 1.29 is 9.21 Å². The fraction of sp³-hybridized carbons (Fsp3) is 0.412. The molecule has 1 aliphatic carbocycles. The third-order valence-electron chi connectivity index (χ3n) is 4.42. The highest BCUT2D eigenvalue weighted by molar-refractivity contribution is 6.38. The Labute approximate surface area is 143 Å². The molecule has 4 nitrogen and oxygen atoms in total. The lowest BCUT2D eigenvalue weighted by Crippen LogP contribution is -2.42. The van der Waals surface area contributed by atoms with E-state index in [0.717, 1.165) is 19.3 Å². The number of carbonyl (C=O) groups is 1. The molecular weight excluding hydrogens is 337 g/mol. The summed E-state index contributed by atoms with van der Waals surface area (Å²) in [7, 11) is 0. The van der Waals surface area contributed by atoms with Crippen LogP contribution in [0.5, 0.6) is 0 Å². The van der Waals surface area contributed by atoms with Gasteiger partial charge in [0.2, 0.25) is 0 Å². The standard InChI is InChI=1S/C17H17Cl2NO3/c1-9-4-2-3-5-14(9)20-16(21)12-7-10-6-11(18)8-13(19)15(10)23-17(12)22/h6-9,14H,2-5H2,1H3,(H,20,21). The number of rotatable bonds is 2. The summed E-state index contributed by atoms with van der Waals surface area (Å²) in [6.07, 6.45) is 4.29. The number of hydrogen-bond donors (Lipinski definition) is 1. The quantitative estimate of drug-likeness (QED) is 0.813. The van der Waals surface area contributed by atoms with Crippen molar-refractivity contribution in [1.82, 2.24) is 5.32 Å². The average Bonchev–Trinajstić information content (AvgIpc) is 2.49. The lowest BCUT2D eigenvalue weighted by atomic mass is 9.86. The van der Waals surface area contributed by atoms with Crippen molar-refractivity contribution >= 4 is 40.1 Å². The molecular formula is C17H17Cl2NO3. The molecule has 2 unspecified atom stereocenters. The number of amides is 1. The highest BCUT2D eigenvalue weighted by atomic mass is 35.5. The zero-order chi connectivity index (χ0) is 16.6. The van der Waals surface area contributed by atoms with Gasteiger partial charge in [-0.2, -0.15) is 0 Å². The molecule has 1 fully saturated rings. The van der Waals surface area contributed by atoms with Crippen molar-refractivity contribution in [2.75, 3.05) is 0 Å². The molecule has 0 radical (unpaired) electrons. The van der Waals surface area contributed by atoms with Gasteiger partial charge in [0.1, 0.15) is 5.56 Å². The van der Waals surface area contributed by atoms with Crippen LogP contribution < -0.4 is 10.9 Å². The van der Waals surface area contributed by atoms with E-state index in [4.69, 9.17) is 27.6 Å². The topological polar surface area (TPSA) is 59.3 Å². The molecule has 1 N–H and O–H groups in total. The van der Waals surface area contributed by atoms with Crippen molar-refractivity contribution in [2.45, 2.75) is 38.6 Å². The van der Waals surface area contributed by atoms with Gasteiger partial charge in [0.25, 0.3) is 5.91 Å². The van der Waals surface area contributed by atoms with E-state index in [1.807, 2.05) is 0 Å². The highest BCUT2D eigenvalue weighted by Crippen LogP contribution is 2.28. The van der Waals surface area contributed by atoms with Gasteiger partial charge in [-0.15, -0.1) is 0 Å². The van der Waals surface area contributed by atoms with E-state index in [2.05, 4.69) is 12.2 Å². The van der Waals surface area contributed by atoms with E-state index < -0.39 is 11.5 Å². The Morgan fingerprint density at radius 1 is 1.22 bits per heavy atom. The minimum atomic E-state index is -0.692. The summed E-state index contributed by atoms with van der Waals surface area (Å²) in [5.74, 6) is -0.000385. The third kappa shape index (κ3) is 3.38. The van der Waals surface area contributed by atoms with E-state index >= 15 is 0 Å². The SMILES string of the molecule is CC1CCCCC1NC(=O)c1cc2cc(Cl)cc(Cl)c2oc1=O. The number of benzene rings is 1. The first-order valence-corrected chi connectivity index (χ1v) is 8.45. The molecule has 0 bridgehead atoms. The molecule has 6 heteroatoms. The second kappa shape index (κ2) is 6.54. The third-order valence-corrected chi connectivity index (χ3v) is 4.92. The first-order chi connectivity index (χ1) is 11.0. The van der Waals surface area contributed by atoms with E-state index in [1.54, 1.807) is 6.07 Å². The molecule has 0 spiro atoms. The van der Waals surface area contributed by atoms with Gasteiger partial charge in [0, 0.05) is 16.5 Å². The largest absolute Gasteiger partial charge is 0.421 e. The van der Waals surface area contributed by atoms with Crippen LogP contribution in [-0.4, -0.2) is 11.9 Å². The van der Waals surface area contributed by atoms with Crippen LogP contribution >= 0.6 is 23.2 Å². The molecule has 0 aliphatic heterocycles. The normalized spacial score (nSPS) is 21.3. The zero-order valence-electron chi connectivity index (χ0n) is 12.7. The van der Waals surface area contributed by atoms with E-state index in [0.29, 0.717) is 16.3 Å². The number of nitrogens with one attached hydrogen (secondary N) is 1. The minimum Gasteiger partial charge on any atom is -0.421 e. The molecule has 1 aromatic carbocycles. The molecule has 0 saturated heterocycles. The van der Waals surface area contributed by atoms with Crippen LogP contribution in [0.3, 0.4) is 0 Å². The van der Waals surface area contributed by atoms with Gasteiger partial charge in [-0.1, -0.05) is 43.0 Å². The summed E-state index contributed by atoms with van der Waals surface area (Å²) in [5.41, 5.74) is -0.472. The van der Waals surface area contributed by atoms with Crippen LogP contribution in [0.25, 0.3) is 11.0 Å². The van der Waals surface area contributed by atoms with E-state index in [-0.39, 0.29) is 22.2 Å². The molecule has 1 saturated carbocycles. The van der Waals surface area contributed by atoms with E-state index in [1.165, 1.54) is 18.6 Å². The fourth-order valence-corrected chi connectivity index (χ4v) is 3.64. The molecule has 122 valence electrons. The summed E-state index contributed by atoms with van der Waals surface area (Å²) in [6.45, 7) is 2.12. The van der Waals surface area contributed by atoms with E-state index in [9.17, 15) is 9.59 Å². The van der Waals surface area contributed by atoms with Crippen molar-refractivity contribution in [3.63, 3.8) is 0 Å². The number of halogens is 2. The van der Waals surface area contributed by atoms with Crippen LogP contribution in [0.2, 0.25) is 10.0 Å². The predicted molar refractivity (Wildman–Crippen MR) is 91.4 cm³/mol. The van der Waals surface area contributed by atoms with Crippen LogP contribution in [-0.2, 0) is 0 Å². The first-order valence-electron chi connectivity index (χ1n) is 7.69. The Bertz CT molecular complexity index is 815. The zero-order valence-corrected chi connectivity index (χ0v) is 14.2. The maximum atomic E-state index is 12.5. The van der Waals surface area contributed by atoms with Gasteiger partial charge in [0.15, 0.2) is 5.58 Å². The lowest BCUT2D eigenvalue weighted by molar-refractivity contribution is 0.0906. The molecule has 2 atom stereocenters. The van der Waals surface area contributed by atoms with Crippen LogP contribution in [0, 0.1) is 5.92 Å². The Morgan fingerprint density at radius 3 is 2.70 bits per heavy atom. The van der Waals surface area contributed by atoms with Crippen molar-refractivity contribution in [3.8, 4) is 0 Å². The number of hydrogen-bond acceptors (Lipinski definition) is 3. The average molecular weight is 354 g/mol. The van der Waals surface area contributed by atoms with Gasteiger partial charge in [-0.05, 0) is 37.0 Å². The molecule has 2 aromatic rings. The van der Waals surface area contributed by atoms with Crippen molar-refractivity contribution in [1.29, 1.82) is 0 Å². The fourth-order valence-electron chi connectivity index (χ4n) is 3.09. The molecule has 3 rings (SSSR count). The monoisotopic (exact) mass is 353 g/mol. The molecule has 1 amide bonds. The van der Waals surface area contributed by atoms with Crippen molar-refractivity contribution in [3.05, 3.63) is 44.2 Å². The molecule has 23 heavy (non-hydrogen) atoms. The van der Waals surface area contributed by atoms with Gasteiger partial charge in [-0.3, -0.25) is 4.79 Å².